The number of nitrogens with one attached hydrogen (secondary N) is 1. The molecule has 2 aromatic rings. The summed E-state index contributed by atoms with van der Waals surface area (Å²) in [7, 11) is 0. The largest absolute Gasteiger partial charge is 0.480 e. The van der Waals surface area contributed by atoms with Gasteiger partial charge < -0.3 is 10.4 Å². The molecule has 21 heavy (non-hydrogen) atoms. The van der Waals surface area contributed by atoms with Gasteiger partial charge in [0.05, 0.1) is 0 Å². The Kier molecular flexibility index (Phi) is 5.05. The average molecular weight is 349 g/mol. The first-order valence-electron chi connectivity index (χ1n) is 6.26. The number of carbonyl (C=O) groups excluding carboxylic acids is 1. The summed E-state index contributed by atoms with van der Waals surface area (Å²) < 4.78 is 0.520. The average Bonchev–Trinajstić information content (AvgIpc) is 2.48. The van der Waals surface area contributed by atoms with E-state index in [9.17, 15) is 14.7 Å². The van der Waals surface area contributed by atoms with Crippen LogP contribution >= 0.6 is 15.9 Å². The quantitative estimate of drug-likeness (QED) is 0.868. The summed E-state index contributed by atoms with van der Waals surface area (Å²) in [5, 5.41) is 11.7. The van der Waals surface area contributed by atoms with Crippen LogP contribution in [0.5, 0.6) is 0 Å². The van der Waals surface area contributed by atoms with E-state index in [4.69, 9.17) is 0 Å². The van der Waals surface area contributed by atoms with Crippen LogP contribution in [0.25, 0.3) is 0 Å². The number of hydrogen-bond donors (Lipinski definition) is 2. The molecule has 0 aliphatic rings. The van der Waals surface area contributed by atoms with Gasteiger partial charge in [-0.3, -0.25) is 4.79 Å². The number of nitrogens with zero attached hydrogens (tertiary/aromatic N) is 1. The molecule has 1 amide bonds. The summed E-state index contributed by atoms with van der Waals surface area (Å²) in [5.74, 6) is -1.61. The van der Waals surface area contributed by atoms with Crippen molar-refractivity contribution < 1.29 is 14.7 Å². The first-order valence-corrected chi connectivity index (χ1v) is 7.05. The van der Waals surface area contributed by atoms with Crippen molar-refractivity contribution in [3.05, 3.63) is 64.4 Å². The van der Waals surface area contributed by atoms with Gasteiger partial charge in [-0.15, -0.1) is 0 Å². The zero-order valence-electron chi connectivity index (χ0n) is 11.0. The number of carboxylic acid groups (broad SMARTS) is 1. The van der Waals surface area contributed by atoms with E-state index in [0.717, 1.165) is 5.56 Å². The van der Waals surface area contributed by atoms with Crippen molar-refractivity contribution >= 4 is 27.8 Å². The second-order valence-electron chi connectivity index (χ2n) is 4.39. The molecule has 0 saturated carbocycles. The van der Waals surface area contributed by atoms with Gasteiger partial charge in [-0.2, -0.15) is 0 Å². The number of halogens is 1. The number of amides is 1. The normalized spacial score (nSPS) is 11.7. The Morgan fingerprint density at radius 3 is 2.52 bits per heavy atom. The van der Waals surface area contributed by atoms with Gasteiger partial charge in [0.2, 0.25) is 0 Å². The van der Waals surface area contributed by atoms with Crippen molar-refractivity contribution in [1.29, 1.82) is 0 Å². The molecule has 2 N–H and O–H groups in total. The fourth-order valence-corrected chi connectivity index (χ4v) is 2.26. The van der Waals surface area contributed by atoms with Crippen LogP contribution in [0.1, 0.15) is 16.1 Å². The number of aromatic nitrogens is 1. The number of hydrogen-bond acceptors (Lipinski definition) is 3. The molecule has 0 spiro atoms. The Labute approximate surface area is 130 Å². The fourth-order valence-electron chi connectivity index (χ4n) is 1.83. The Morgan fingerprint density at radius 1 is 1.19 bits per heavy atom. The third kappa shape index (κ3) is 4.13. The molecule has 2 rings (SSSR count). The van der Waals surface area contributed by atoms with E-state index in [0.29, 0.717) is 4.47 Å². The summed E-state index contributed by atoms with van der Waals surface area (Å²) in [6.07, 6.45) is 1.69. The number of aliphatic carboxylic acids is 1. The van der Waals surface area contributed by atoms with Gasteiger partial charge in [-0.1, -0.05) is 30.3 Å². The molecule has 0 aliphatic heterocycles. The number of carboxylic acids is 1. The first kappa shape index (κ1) is 15.2. The minimum absolute atomic E-state index is 0.164. The summed E-state index contributed by atoms with van der Waals surface area (Å²) in [5.41, 5.74) is 1.00. The maximum absolute atomic E-state index is 12.1. The highest BCUT2D eigenvalue weighted by Crippen LogP contribution is 2.13. The van der Waals surface area contributed by atoms with Gasteiger partial charge in [-0.05, 0) is 33.6 Å². The molecule has 1 aromatic carbocycles. The number of pyridine rings is 1. The number of rotatable bonds is 5. The van der Waals surface area contributed by atoms with Crippen LogP contribution < -0.4 is 5.32 Å². The van der Waals surface area contributed by atoms with E-state index in [1.165, 1.54) is 6.20 Å². The van der Waals surface area contributed by atoms with Gasteiger partial charge >= 0.3 is 5.97 Å². The van der Waals surface area contributed by atoms with Crippen LogP contribution in [0.2, 0.25) is 0 Å². The minimum atomic E-state index is -1.08. The Hall–Kier alpha value is -2.21. The molecule has 6 heteroatoms. The lowest BCUT2D eigenvalue weighted by atomic mass is 10.1. The maximum atomic E-state index is 12.1. The molecule has 0 saturated heterocycles. The molecular weight excluding hydrogens is 336 g/mol. The predicted octanol–water partition coefficient (Wildman–Crippen LogP) is 2.27. The molecule has 0 aliphatic carbocycles. The van der Waals surface area contributed by atoms with Gasteiger partial charge in [0.25, 0.3) is 5.91 Å². The lowest BCUT2D eigenvalue weighted by Gasteiger charge is -2.14. The lowest BCUT2D eigenvalue weighted by molar-refractivity contribution is -0.139. The highest BCUT2D eigenvalue weighted by Gasteiger charge is 2.22. The molecule has 1 unspecified atom stereocenters. The smallest absolute Gasteiger partial charge is 0.326 e. The second-order valence-corrected chi connectivity index (χ2v) is 5.24. The molecule has 1 aromatic heterocycles. The molecule has 0 fully saturated rings. The van der Waals surface area contributed by atoms with Gasteiger partial charge in [0.15, 0.2) is 0 Å². The zero-order chi connectivity index (χ0) is 15.2. The lowest BCUT2D eigenvalue weighted by Crippen LogP contribution is -2.42. The van der Waals surface area contributed by atoms with Gasteiger partial charge in [0.1, 0.15) is 11.7 Å². The zero-order valence-corrected chi connectivity index (χ0v) is 12.6. The topological polar surface area (TPSA) is 79.3 Å². The highest BCUT2D eigenvalue weighted by molar-refractivity contribution is 9.10. The highest BCUT2D eigenvalue weighted by atomic mass is 79.9. The van der Waals surface area contributed by atoms with Gasteiger partial charge in [-0.25, -0.2) is 9.78 Å². The number of benzene rings is 1. The van der Waals surface area contributed by atoms with E-state index < -0.39 is 17.9 Å². The Morgan fingerprint density at radius 2 is 1.90 bits per heavy atom. The van der Waals surface area contributed by atoms with E-state index >= 15 is 0 Å². The standard InChI is InChI=1S/C15H13BrN2O3/c16-11-7-4-8-17-13(11)14(19)18-12(15(20)21)9-10-5-2-1-3-6-10/h1-8,12H,9H2,(H,18,19)(H,20,21). The van der Waals surface area contributed by atoms with E-state index in [-0.39, 0.29) is 12.1 Å². The van der Waals surface area contributed by atoms with E-state index in [2.05, 4.69) is 26.2 Å². The van der Waals surface area contributed by atoms with Crippen LogP contribution in [0.3, 0.4) is 0 Å². The molecule has 0 bridgehead atoms. The summed E-state index contributed by atoms with van der Waals surface area (Å²) in [6, 6.07) is 11.5. The van der Waals surface area contributed by atoms with Crippen LogP contribution in [0.4, 0.5) is 0 Å². The molecular formula is C15H13BrN2O3. The second kappa shape index (κ2) is 6.99. The minimum Gasteiger partial charge on any atom is -0.480 e. The van der Waals surface area contributed by atoms with Crippen molar-refractivity contribution in [2.24, 2.45) is 0 Å². The van der Waals surface area contributed by atoms with Crippen LogP contribution in [0, 0.1) is 0 Å². The Balaban J connectivity index is 2.12. The van der Waals surface area contributed by atoms with Crippen molar-refractivity contribution in [1.82, 2.24) is 10.3 Å². The third-order valence-corrected chi connectivity index (χ3v) is 3.50. The predicted molar refractivity (Wildman–Crippen MR) is 81.0 cm³/mol. The summed E-state index contributed by atoms with van der Waals surface area (Å²) >= 11 is 3.22. The first-order chi connectivity index (χ1) is 10.1. The van der Waals surface area contributed by atoms with Crippen LogP contribution in [0.15, 0.2) is 53.1 Å². The molecule has 1 atom stereocenters. The van der Waals surface area contributed by atoms with E-state index in [1.54, 1.807) is 12.1 Å². The van der Waals surface area contributed by atoms with Crippen molar-refractivity contribution in [3.8, 4) is 0 Å². The SMILES string of the molecule is O=C(NC(Cc1ccccc1)C(=O)O)c1ncccc1Br. The summed E-state index contributed by atoms with van der Waals surface area (Å²) in [6.45, 7) is 0. The maximum Gasteiger partial charge on any atom is 0.326 e. The van der Waals surface area contributed by atoms with Crippen molar-refractivity contribution in [2.45, 2.75) is 12.5 Å². The molecule has 108 valence electrons. The fraction of sp³-hybridized carbons (Fsp3) is 0.133. The Bertz CT molecular complexity index is 646. The van der Waals surface area contributed by atoms with Crippen LogP contribution in [-0.2, 0) is 11.2 Å². The van der Waals surface area contributed by atoms with Gasteiger partial charge in [0, 0.05) is 17.1 Å². The van der Waals surface area contributed by atoms with Crippen molar-refractivity contribution in [3.63, 3.8) is 0 Å². The number of carbonyl (C=O) groups is 2. The molecule has 5 nitrogen and oxygen atoms in total. The summed E-state index contributed by atoms with van der Waals surface area (Å²) in [4.78, 5) is 27.4. The monoisotopic (exact) mass is 348 g/mol. The molecule has 0 radical (unpaired) electrons. The third-order valence-electron chi connectivity index (χ3n) is 2.86. The van der Waals surface area contributed by atoms with Crippen LogP contribution in [-0.4, -0.2) is 28.0 Å². The van der Waals surface area contributed by atoms with Crippen molar-refractivity contribution in [2.75, 3.05) is 0 Å². The molecule has 1 heterocycles. The van der Waals surface area contributed by atoms with E-state index in [1.807, 2.05) is 30.3 Å².